The van der Waals surface area contributed by atoms with Gasteiger partial charge in [-0.25, -0.2) is 9.78 Å². The number of hydrogen-bond donors (Lipinski definition) is 1. The number of esters is 1. The first-order chi connectivity index (χ1) is 14.7. The number of alkyl halides is 3. The molecule has 1 amide bonds. The summed E-state index contributed by atoms with van der Waals surface area (Å²) in [6.45, 7) is 2.70. The Labute approximate surface area is 177 Å². The Morgan fingerprint density at radius 2 is 1.90 bits per heavy atom. The van der Waals surface area contributed by atoms with Crippen LogP contribution in [0.4, 0.5) is 19.0 Å². The third kappa shape index (κ3) is 4.35. The summed E-state index contributed by atoms with van der Waals surface area (Å²) in [5.74, 6) is -0.383. The monoisotopic (exact) mass is 433 g/mol. The second kappa shape index (κ2) is 7.86. The van der Waals surface area contributed by atoms with Gasteiger partial charge in [-0.1, -0.05) is 18.2 Å². The molecule has 1 saturated heterocycles. The molecule has 6 nitrogen and oxygen atoms in total. The Hall–Kier alpha value is -3.10. The van der Waals surface area contributed by atoms with Crippen LogP contribution in [0.3, 0.4) is 0 Å². The molecule has 2 aromatic rings. The lowest BCUT2D eigenvalue weighted by Gasteiger charge is -2.37. The number of benzene rings is 1. The lowest BCUT2D eigenvalue weighted by Crippen LogP contribution is -2.55. The molecular weight excluding hydrogens is 411 g/mol. The Bertz CT molecular complexity index is 985. The van der Waals surface area contributed by atoms with E-state index in [4.69, 9.17) is 4.74 Å². The molecule has 3 heterocycles. The van der Waals surface area contributed by atoms with Crippen molar-refractivity contribution in [2.75, 3.05) is 18.0 Å². The van der Waals surface area contributed by atoms with Crippen molar-refractivity contribution in [3.8, 4) is 0 Å². The average molecular weight is 433 g/mol. The largest absolute Gasteiger partial charge is 0.445 e. The molecule has 31 heavy (non-hydrogen) atoms. The second-order valence-electron chi connectivity index (χ2n) is 8.09. The van der Waals surface area contributed by atoms with Crippen molar-refractivity contribution in [3.63, 3.8) is 0 Å². The Balaban J connectivity index is 1.35. The topological polar surface area (TPSA) is 71.5 Å². The van der Waals surface area contributed by atoms with Crippen molar-refractivity contribution in [2.45, 2.75) is 44.0 Å². The molecule has 1 atom stereocenters. The maximum atomic E-state index is 12.9. The van der Waals surface area contributed by atoms with Gasteiger partial charge in [0.15, 0.2) is 5.60 Å². The SMILES string of the molecule is CC1(C(=O)NC2CCN(c3ccc(C(F)(F)F)cn3)CC2)Cc2ccccc2C(=O)O1. The van der Waals surface area contributed by atoms with Crippen LogP contribution in [-0.2, 0) is 22.1 Å². The Morgan fingerprint density at radius 1 is 1.19 bits per heavy atom. The first kappa shape index (κ1) is 21.1. The van der Waals surface area contributed by atoms with Crippen LogP contribution < -0.4 is 10.2 Å². The number of pyridine rings is 1. The number of amides is 1. The molecule has 2 aliphatic rings. The maximum absolute atomic E-state index is 12.9. The highest BCUT2D eigenvalue weighted by Gasteiger charge is 2.43. The van der Waals surface area contributed by atoms with E-state index in [2.05, 4.69) is 10.3 Å². The number of halogens is 3. The number of hydrogen-bond acceptors (Lipinski definition) is 5. The molecule has 1 fully saturated rings. The summed E-state index contributed by atoms with van der Waals surface area (Å²) in [6, 6.07) is 9.33. The number of cyclic esters (lactones) is 1. The van der Waals surface area contributed by atoms with Gasteiger partial charge in [-0.3, -0.25) is 4.79 Å². The van der Waals surface area contributed by atoms with Gasteiger partial charge < -0.3 is 15.0 Å². The third-order valence-corrected chi connectivity index (χ3v) is 5.79. The van der Waals surface area contributed by atoms with Crippen molar-refractivity contribution >= 4 is 17.7 Å². The summed E-state index contributed by atoms with van der Waals surface area (Å²) >= 11 is 0. The first-order valence-electron chi connectivity index (χ1n) is 10.1. The maximum Gasteiger partial charge on any atom is 0.417 e. The Kier molecular flexibility index (Phi) is 5.36. The van der Waals surface area contributed by atoms with Gasteiger partial charge in [-0.15, -0.1) is 0 Å². The highest BCUT2D eigenvalue weighted by Crippen LogP contribution is 2.31. The van der Waals surface area contributed by atoms with Crippen LogP contribution in [0.1, 0.15) is 41.3 Å². The molecule has 0 aliphatic carbocycles. The van der Waals surface area contributed by atoms with Gasteiger partial charge in [0.25, 0.3) is 5.91 Å². The smallest absolute Gasteiger partial charge is 0.417 e. The molecule has 4 rings (SSSR count). The van der Waals surface area contributed by atoms with Crippen molar-refractivity contribution in [3.05, 3.63) is 59.3 Å². The number of piperidine rings is 1. The molecule has 1 aromatic carbocycles. The molecule has 9 heteroatoms. The molecule has 0 radical (unpaired) electrons. The van der Waals surface area contributed by atoms with Crippen molar-refractivity contribution < 1.29 is 27.5 Å². The van der Waals surface area contributed by atoms with Crippen LogP contribution in [0.25, 0.3) is 0 Å². The number of rotatable bonds is 3. The van der Waals surface area contributed by atoms with Gasteiger partial charge >= 0.3 is 12.1 Å². The summed E-state index contributed by atoms with van der Waals surface area (Å²) in [6.07, 6.45) is -2.07. The second-order valence-corrected chi connectivity index (χ2v) is 8.09. The number of nitrogens with zero attached hydrogens (tertiary/aromatic N) is 2. The van der Waals surface area contributed by atoms with Crippen LogP contribution >= 0.6 is 0 Å². The van der Waals surface area contributed by atoms with Crippen LogP contribution in [-0.4, -0.2) is 41.6 Å². The highest BCUT2D eigenvalue weighted by molar-refractivity contribution is 5.97. The molecule has 0 saturated carbocycles. The number of nitrogens with one attached hydrogen (secondary N) is 1. The number of carbonyl (C=O) groups is 2. The van der Waals surface area contributed by atoms with E-state index in [1.807, 2.05) is 17.0 Å². The molecule has 164 valence electrons. The van der Waals surface area contributed by atoms with E-state index < -0.39 is 23.3 Å². The molecule has 1 N–H and O–H groups in total. The number of aromatic nitrogens is 1. The van der Waals surface area contributed by atoms with Crippen LogP contribution in [0.5, 0.6) is 0 Å². The van der Waals surface area contributed by atoms with E-state index in [1.165, 1.54) is 6.07 Å². The van der Waals surface area contributed by atoms with Gasteiger partial charge in [-0.2, -0.15) is 13.2 Å². The van der Waals surface area contributed by atoms with Crippen molar-refractivity contribution in [1.29, 1.82) is 0 Å². The molecule has 1 unspecified atom stereocenters. The summed E-state index contributed by atoms with van der Waals surface area (Å²) in [7, 11) is 0. The van der Waals surface area contributed by atoms with E-state index in [9.17, 15) is 22.8 Å². The van der Waals surface area contributed by atoms with E-state index in [1.54, 1.807) is 19.1 Å². The molecule has 0 bridgehead atoms. The predicted octanol–water partition coefficient (Wildman–Crippen LogP) is 3.36. The van der Waals surface area contributed by atoms with Gasteiger partial charge in [-0.05, 0) is 43.5 Å². The predicted molar refractivity (Wildman–Crippen MR) is 107 cm³/mol. The third-order valence-electron chi connectivity index (χ3n) is 5.79. The molecular formula is C22H22F3N3O3. The van der Waals surface area contributed by atoms with E-state index in [0.717, 1.165) is 17.8 Å². The highest BCUT2D eigenvalue weighted by atomic mass is 19.4. The molecule has 1 aromatic heterocycles. The van der Waals surface area contributed by atoms with Gasteiger partial charge in [0.1, 0.15) is 5.82 Å². The zero-order chi connectivity index (χ0) is 22.2. The fourth-order valence-corrected chi connectivity index (χ4v) is 3.99. The number of carbonyl (C=O) groups excluding carboxylic acids is 2. The zero-order valence-corrected chi connectivity index (χ0v) is 16.9. The first-order valence-corrected chi connectivity index (χ1v) is 10.1. The van der Waals surface area contributed by atoms with Crippen LogP contribution in [0.2, 0.25) is 0 Å². The number of ether oxygens (including phenoxy) is 1. The van der Waals surface area contributed by atoms with Crippen molar-refractivity contribution in [2.24, 2.45) is 0 Å². The molecule has 2 aliphatic heterocycles. The standard InChI is InChI=1S/C22H22F3N3O3/c1-21(12-14-4-2-3-5-17(14)19(29)31-21)20(30)27-16-8-10-28(11-9-16)18-7-6-15(13-26-18)22(23,24)25/h2-7,13,16H,8-12H2,1H3,(H,27,30). The average Bonchev–Trinajstić information content (AvgIpc) is 2.74. The van der Waals surface area contributed by atoms with Gasteiger partial charge in [0.05, 0.1) is 11.1 Å². The normalized spacial score (nSPS) is 21.9. The fraction of sp³-hybridized carbons (Fsp3) is 0.409. The number of anilines is 1. The summed E-state index contributed by atoms with van der Waals surface area (Å²) < 4.78 is 43.6. The lowest BCUT2D eigenvalue weighted by molar-refractivity contribution is -0.140. The van der Waals surface area contributed by atoms with Crippen molar-refractivity contribution in [1.82, 2.24) is 10.3 Å². The van der Waals surface area contributed by atoms with Crippen LogP contribution in [0, 0.1) is 0 Å². The lowest BCUT2D eigenvalue weighted by atomic mass is 9.89. The minimum Gasteiger partial charge on any atom is -0.445 e. The summed E-state index contributed by atoms with van der Waals surface area (Å²) in [4.78, 5) is 31.0. The molecule has 0 spiro atoms. The van der Waals surface area contributed by atoms with E-state index in [-0.39, 0.29) is 11.9 Å². The van der Waals surface area contributed by atoms with E-state index >= 15 is 0 Å². The van der Waals surface area contributed by atoms with E-state index in [0.29, 0.717) is 43.7 Å². The summed E-state index contributed by atoms with van der Waals surface area (Å²) in [5.41, 5.74) is -0.808. The minimum absolute atomic E-state index is 0.120. The van der Waals surface area contributed by atoms with Crippen LogP contribution in [0.15, 0.2) is 42.6 Å². The quantitative estimate of drug-likeness (QED) is 0.752. The Morgan fingerprint density at radius 3 is 2.55 bits per heavy atom. The minimum atomic E-state index is -4.41. The fourth-order valence-electron chi connectivity index (χ4n) is 3.99. The number of fused-ring (bicyclic) bond motifs is 1. The van der Waals surface area contributed by atoms with Gasteiger partial charge in [0, 0.05) is 31.7 Å². The summed E-state index contributed by atoms with van der Waals surface area (Å²) in [5, 5.41) is 2.97. The van der Waals surface area contributed by atoms with Gasteiger partial charge in [0.2, 0.25) is 0 Å². The zero-order valence-electron chi connectivity index (χ0n) is 16.9.